The van der Waals surface area contributed by atoms with E-state index in [-0.39, 0.29) is 12.5 Å². The molecule has 0 aliphatic heterocycles. The van der Waals surface area contributed by atoms with Crippen LogP contribution in [0.1, 0.15) is 34.6 Å². The summed E-state index contributed by atoms with van der Waals surface area (Å²) in [6, 6.07) is 0. The molecule has 0 aromatic rings. The van der Waals surface area contributed by atoms with Crippen LogP contribution in [-0.2, 0) is 9.59 Å². The number of nitrogens with zero attached hydrogens (tertiary/aromatic N) is 1. The molecule has 0 bridgehead atoms. The fraction of sp³-hybridized carbons (Fsp3) is 0.846. The number of carboxylic acid groups (broad SMARTS) is 1. The molecule has 1 aliphatic carbocycles. The van der Waals surface area contributed by atoms with Crippen LogP contribution in [0.25, 0.3) is 0 Å². The minimum Gasteiger partial charge on any atom is -0.481 e. The highest BCUT2D eigenvalue weighted by Crippen LogP contribution is 2.59. The van der Waals surface area contributed by atoms with Crippen molar-refractivity contribution in [3.05, 3.63) is 0 Å². The standard InChI is InChI=1S/C13H23NO4/c1-6-14(7-12(2,3)18)10(15)8-9(11(16)17)13(8,4)5/h8-9,18H,6-7H2,1-5H3,(H,16,17)/t8-,9+/m1/s1. The van der Waals surface area contributed by atoms with Crippen molar-refractivity contribution in [2.24, 2.45) is 17.3 Å². The second-order valence-corrected chi connectivity index (χ2v) is 6.28. The SMILES string of the molecule is CCN(CC(C)(C)O)C(=O)[C@H]1[C@@H](C(=O)O)C1(C)C. The number of carbonyl (C=O) groups is 2. The topological polar surface area (TPSA) is 77.8 Å². The zero-order valence-electron chi connectivity index (χ0n) is 11.7. The number of rotatable bonds is 5. The number of likely N-dealkylation sites (N-methyl/N-ethyl adjacent to an activating group) is 1. The largest absolute Gasteiger partial charge is 0.481 e. The monoisotopic (exact) mass is 257 g/mol. The van der Waals surface area contributed by atoms with Gasteiger partial charge in [0.25, 0.3) is 0 Å². The molecule has 1 fully saturated rings. The van der Waals surface area contributed by atoms with Crippen molar-refractivity contribution in [1.29, 1.82) is 0 Å². The van der Waals surface area contributed by atoms with Crippen molar-refractivity contribution in [2.45, 2.75) is 40.2 Å². The minimum atomic E-state index is -0.969. The quantitative estimate of drug-likeness (QED) is 0.769. The molecule has 0 unspecified atom stereocenters. The molecule has 5 heteroatoms. The van der Waals surface area contributed by atoms with Crippen molar-refractivity contribution in [3.63, 3.8) is 0 Å². The van der Waals surface area contributed by atoms with Crippen molar-refractivity contribution in [3.8, 4) is 0 Å². The van der Waals surface area contributed by atoms with Crippen LogP contribution >= 0.6 is 0 Å². The predicted octanol–water partition coefficient (Wildman–Crippen LogP) is 0.963. The number of amides is 1. The molecule has 2 N–H and O–H groups in total. The van der Waals surface area contributed by atoms with Crippen LogP contribution in [0.5, 0.6) is 0 Å². The van der Waals surface area contributed by atoms with Gasteiger partial charge in [0.1, 0.15) is 0 Å². The Bertz CT molecular complexity index is 356. The summed E-state index contributed by atoms with van der Waals surface area (Å²) in [5.41, 5.74) is -1.46. The summed E-state index contributed by atoms with van der Waals surface area (Å²) in [7, 11) is 0. The molecule has 5 nitrogen and oxygen atoms in total. The van der Waals surface area contributed by atoms with Gasteiger partial charge in [-0.3, -0.25) is 9.59 Å². The maximum atomic E-state index is 12.3. The van der Waals surface area contributed by atoms with E-state index >= 15 is 0 Å². The normalized spacial score (nSPS) is 25.7. The van der Waals surface area contributed by atoms with Gasteiger partial charge in [-0.05, 0) is 26.2 Å². The van der Waals surface area contributed by atoms with Crippen LogP contribution < -0.4 is 0 Å². The summed E-state index contributed by atoms with van der Waals surface area (Å²) < 4.78 is 0. The first-order chi connectivity index (χ1) is 8.02. The van der Waals surface area contributed by atoms with Gasteiger partial charge in [0.05, 0.1) is 17.4 Å². The third-order valence-electron chi connectivity index (χ3n) is 3.63. The zero-order valence-corrected chi connectivity index (χ0v) is 11.7. The molecule has 1 saturated carbocycles. The lowest BCUT2D eigenvalue weighted by molar-refractivity contribution is -0.142. The summed E-state index contributed by atoms with van der Waals surface area (Å²) >= 11 is 0. The van der Waals surface area contributed by atoms with Crippen molar-refractivity contribution in [1.82, 2.24) is 4.90 Å². The lowest BCUT2D eigenvalue weighted by Crippen LogP contribution is -2.43. The number of carboxylic acids is 1. The number of aliphatic carboxylic acids is 1. The average Bonchev–Trinajstić information content (AvgIpc) is 2.75. The summed E-state index contributed by atoms with van der Waals surface area (Å²) in [4.78, 5) is 24.9. The Hall–Kier alpha value is -1.10. The van der Waals surface area contributed by atoms with E-state index in [0.29, 0.717) is 6.54 Å². The number of hydrogen-bond donors (Lipinski definition) is 2. The molecule has 1 amide bonds. The van der Waals surface area contributed by atoms with E-state index in [0.717, 1.165) is 0 Å². The maximum absolute atomic E-state index is 12.3. The highest BCUT2D eigenvalue weighted by molar-refractivity contribution is 5.91. The highest BCUT2D eigenvalue weighted by Gasteiger charge is 2.66. The molecule has 0 aromatic carbocycles. The number of hydrogen-bond acceptors (Lipinski definition) is 3. The van der Waals surface area contributed by atoms with Gasteiger partial charge < -0.3 is 15.1 Å². The van der Waals surface area contributed by atoms with E-state index in [1.54, 1.807) is 27.7 Å². The van der Waals surface area contributed by atoms with Crippen LogP contribution in [0, 0.1) is 17.3 Å². The van der Waals surface area contributed by atoms with Gasteiger partial charge in [-0.1, -0.05) is 13.8 Å². The van der Waals surface area contributed by atoms with Crippen LogP contribution in [0.15, 0.2) is 0 Å². The van der Waals surface area contributed by atoms with E-state index in [4.69, 9.17) is 5.11 Å². The molecule has 0 spiro atoms. The molecular weight excluding hydrogens is 234 g/mol. The van der Waals surface area contributed by atoms with E-state index in [1.807, 2.05) is 6.92 Å². The Labute approximate surface area is 108 Å². The summed E-state index contributed by atoms with van der Waals surface area (Å²) in [6.07, 6.45) is 0. The Morgan fingerprint density at radius 1 is 1.28 bits per heavy atom. The Kier molecular flexibility index (Phi) is 3.77. The fourth-order valence-electron chi connectivity index (χ4n) is 2.57. The molecule has 0 aromatic heterocycles. The van der Waals surface area contributed by atoms with E-state index in [9.17, 15) is 14.7 Å². The van der Waals surface area contributed by atoms with Gasteiger partial charge in [0, 0.05) is 13.1 Å². The number of aliphatic hydroxyl groups is 1. The lowest BCUT2D eigenvalue weighted by atomic mass is 10.1. The Morgan fingerprint density at radius 2 is 1.78 bits per heavy atom. The van der Waals surface area contributed by atoms with Crippen molar-refractivity contribution in [2.75, 3.05) is 13.1 Å². The lowest BCUT2D eigenvalue weighted by Gasteiger charge is -2.28. The Morgan fingerprint density at radius 3 is 2.06 bits per heavy atom. The van der Waals surface area contributed by atoms with E-state index in [1.165, 1.54) is 4.90 Å². The summed E-state index contributed by atoms with van der Waals surface area (Å²) in [6.45, 7) is 9.39. The molecule has 1 rings (SSSR count). The molecule has 1 aliphatic rings. The molecule has 104 valence electrons. The smallest absolute Gasteiger partial charge is 0.307 e. The Balaban J connectivity index is 2.79. The first-order valence-electron chi connectivity index (χ1n) is 6.26. The van der Waals surface area contributed by atoms with Crippen molar-refractivity contribution < 1.29 is 19.8 Å². The summed E-state index contributed by atoms with van der Waals surface area (Å²) in [5.74, 6) is -2.17. The first-order valence-corrected chi connectivity index (χ1v) is 6.26. The second kappa shape index (κ2) is 4.53. The van der Waals surface area contributed by atoms with E-state index in [2.05, 4.69) is 0 Å². The highest BCUT2D eigenvalue weighted by atomic mass is 16.4. The molecule has 0 heterocycles. The average molecular weight is 257 g/mol. The minimum absolute atomic E-state index is 0.169. The van der Waals surface area contributed by atoms with E-state index < -0.39 is 28.8 Å². The maximum Gasteiger partial charge on any atom is 0.307 e. The van der Waals surface area contributed by atoms with Crippen LogP contribution in [-0.4, -0.2) is 45.7 Å². The fourth-order valence-corrected chi connectivity index (χ4v) is 2.57. The van der Waals surface area contributed by atoms with Gasteiger partial charge in [-0.25, -0.2) is 0 Å². The molecule has 18 heavy (non-hydrogen) atoms. The van der Waals surface area contributed by atoms with Gasteiger partial charge in [-0.2, -0.15) is 0 Å². The van der Waals surface area contributed by atoms with Crippen LogP contribution in [0.3, 0.4) is 0 Å². The zero-order chi connectivity index (χ0) is 14.3. The molecule has 0 radical (unpaired) electrons. The summed E-state index contributed by atoms with van der Waals surface area (Å²) in [5, 5.41) is 18.8. The number of carbonyl (C=O) groups excluding carboxylic acids is 1. The third kappa shape index (κ3) is 2.83. The van der Waals surface area contributed by atoms with Crippen LogP contribution in [0.2, 0.25) is 0 Å². The van der Waals surface area contributed by atoms with Gasteiger partial charge >= 0.3 is 5.97 Å². The first kappa shape index (κ1) is 15.0. The van der Waals surface area contributed by atoms with Gasteiger partial charge in [0.15, 0.2) is 0 Å². The third-order valence-corrected chi connectivity index (χ3v) is 3.63. The van der Waals surface area contributed by atoms with Gasteiger partial charge in [-0.15, -0.1) is 0 Å². The predicted molar refractivity (Wildman–Crippen MR) is 66.9 cm³/mol. The van der Waals surface area contributed by atoms with Crippen molar-refractivity contribution >= 4 is 11.9 Å². The molecule has 0 saturated heterocycles. The van der Waals surface area contributed by atoms with Crippen LogP contribution in [0.4, 0.5) is 0 Å². The second-order valence-electron chi connectivity index (χ2n) is 6.28. The van der Waals surface area contributed by atoms with Gasteiger partial charge in [0.2, 0.25) is 5.91 Å². The molecule has 2 atom stereocenters. The molecular formula is C13H23NO4.